The van der Waals surface area contributed by atoms with Crippen LogP contribution >= 0.6 is 0 Å². The second-order valence-electron chi connectivity index (χ2n) is 5.89. The average Bonchev–Trinajstić information content (AvgIpc) is 2.42. The number of rotatable bonds is 8. The Bertz CT molecular complexity index is 539. The smallest absolute Gasteiger partial charge is 0.243 e. The first kappa shape index (κ1) is 18.1. The minimum Gasteiger partial charge on any atom is -0.310 e. The summed E-state index contributed by atoms with van der Waals surface area (Å²) in [6.45, 7) is 11.2. The van der Waals surface area contributed by atoms with Gasteiger partial charge in [-0.2, -0.15) is 4.31 Å². The van der Waals surface area contributed by atoms with Crippen LogP contribution in [0, 0.1) is 0 Å². The van der Waals surface area contributed by atoms with E-state index in [1.54, 1.807) is 16.4 Å². The van der Waals surface area contributed by atoms with Crippen LogP contribution in [0.15, 0.2) is 29.2 Å². The summed E-state index contributed by atoms with van der Waals surface area (Å²) in [6.07, 6.45) is 0.812. The quantitative estimate of drug-likeness (QED) is 0.803. The molecule has 0 radical (unpaired) electrons. The molecule has 0 bridgehead atoms. The summed E-state index contributed by atoms with van der Waals surface area (Å²) in [5.74, 6) is 0. The van der Waals surface area contributed by atoms with Gasteiger partial charge in [0.1, 0.15) is 0 Å². The van der Waals surface area contributed by atoms with Crippen molar-refractivity contribution in [3.05, 3.63) is 29.8 Å². The van der Waals surface area contributed by atoms with Gasteiger partial charge in [0.25, 0.3) is 0 Å². The maximum Gasteiger partial charge on any atom is 0.243 e. The van der Waals surface area contributed by atoms with Gasteiger partial charge in [0.2, 0.25) is 10.0 Å². The van der Waals surface area contributed by atoms with E-state index in [9.17, 15) is 8.42 Å². The lowest BCUT2D eigenvalue weighted by Crippen LogP contribution is -2.37. The summed E-state index contributed by atoms with van der Waals surface area (Å²) in [5.41, 5.74) is 0.991. The van der Waals surface area contributed by atoms with E-state index >= 15 is 0 Å². The maximum absolute atomic E-state index is 12.8. The highest BCUT2D eigenvalue weighted by molar-refractivity contribution is 7.89. The molecule has 0 aliphatic rings. The molecule has 0 fully saturated rings. The van der Waals surface area contributed by atoms with E-state index in [0.29, 0.717) is 24.0 Å². The van der Waals surface area contributed by atoms with Gasteiger partial charge in [-0.1, -0.05) is 32.9 Å². The van der Waals surface area contributed by atoms with Crippen LogP contribution < -0.4 is 5.32 Å². The fourth-order valence-electron chi connectivity index (χ4n) is 2.15. The highest BCUT2D eigenvalue weighted by Gasteiger charge is 2.26. The lowest BCUT2D eigenvalue weighted by atomic mass is 10.2. The summed E-state index contributed by atoms with van der Waals surface area (Å²) in [6, 6.07) is 7.56. The topological polar surface area (TPSA) is 49.4 Å². The standard InChI is InChI=1S/C16H28N2O2S/c1-6-10-18(14(4)5)21(19,20)16-9-7-8-15(11-16)12-17-13(2)3/h7-9,11,13-14,17H,6,10,12H2,1-5H3. The van der Waals surface area contributed by atoms with E-state index in [1.807, 2.05) is 32.9 Å². The molecular weight excluding hydrogens is 284 g/mol. The van der Waals surface area contributed by atoms with Crippen LogP contribution in [-0.2, 0) is 16.6 Å². The van der Waals surface area contributed by atoms with E-state index in [1.165, 1.54) is 0 Å². The van der Waals surface area contributed by atoms with E-state index in [4.69, 9.17) is 0 Å². The Hall–Kier alpha value is -0.910. The molecule has 21 heavy (non-hydrogen) atoms. The van der Waals surface area contributed by atoms with Gasteiger partial charge in [-0.25, -0.2) is 8.42 Å². The summed E-state index contributed by atoms with van der Waals surface area (Å²) in [4.78, 5) is 0.382. The van der Waals surface area contributed by atoms with Crippen LogP contribution in [0.3, 0.4) is 0 Å². The molecular formula is C16H28N2O2S. The van der Waals surface area contributed by atoms with Crippen molar-refractivity contribution in [2.45, 2.75) is 64.6 Å². The van der Waals surface area contributed by atoms with Crippen molar-refractivity contribution in [1.82, 2.24) is 9.62 Å². The molecule has 120 valence electrons. The number of nitrogens with zero attached hydrogens (tertiary/aromatic N) is 1. The second kappa shape index (κ2) is 7.92. The van der Waals surface area contributed by atoms with Gasteiger partial charge in [-0.3, -0.25) is 0 Å². The zero-order valence-electron chi connectivity index (χ0n) is 13.8. The molecule has 1 N–H and O–H groups in total. The zero-order valence-corrected chi connectivity index (χ0v) is 14.6. The summed E-state index contributed by atoms with van der Waals surface area (Å²) in [7, 11) is -3.42. The Kier molecular flexibility index (Phi) is 6.84. The van der Waals surface area contributed by atoms with Crippen LogP contribution in [-0.4, -0.2) is 31.4 Å². The molecule has 1 rings (SSSR count). The van der Waals surface area contributed by atoms with E-state index in [2.05, 4.69) is 19.2 Å². The lowest BCUT2D eigenvalue weighted by molar-refractivity contribution is 0.354. The fourth-order valence-corrected chi connectivity index (χ4v) is 3.95. The van der Waals surface area contributed by atoms with Crippen molar-refractivity contribution >= 4 is 10.0 Å². The molecule has 0 unspecified atom stereocenters. The molecule has 0 amide bonds. The number of benzene rings is 1. The largest absolute Gasteiger partial charge is 0.310 e. The Balaban J connectivity index is 3.04. The Morgan fingerprint density at radius 3 is 2.38 bits per heavy atom. The van der Waals surface area contributed by atoms with E-state index in [-0.39, 0.29) is 6.04 Å². The van der Waals surface area contributed by atoms with Gasteiger partial charge in [-0.05, 0) is 38.0 Å². The van der Waals surface area contributed by atoms with Crippen LogP contribution in [0.1, 0.15) is 46.6 Å². The number of sulfonamides is 1. The molecule has 4 nitrogen and oxygen atoms in total. The highest BCUT2D eigenvalue weighted by atomic mass is 32.2. The molecule has 0 heterocycles. The van der Waals surface area contributed by atoms with Gasteiger partial charge < -0.3 is 5.32 Å². The molecule has 1 aromatic rings. The normalized spacial score (nSPS) is 12.6. The van der Waals surface area contributed by atoms with Crippen molar-refractivity contribution in [2.24, 2.45) is 0 Å². The number of nitrogens with one attached hydrogen (secondary N) is 1. The Morgan fingerprint density at radius 1 is 1.19 bits per heavy atom. The molecule has 0 spiro atoms. The first-order valence-electron chi connectivity index (χ1n) is 7.63. The molecule has 0 atom stereocenters. The van der Waals surface area contributed by atoms with Crippen molar-refractivity contribution in [1.29, 1.82) is 0 Å². The molecule has 0 aliphatic carbocycles. The Morgan fingerprint density at radius 2 is 1.86 bits per heavy atom. The molecule has 5 heteroatoms. The lowest BCUT2D eigenvalue weighted by Gasteiger charge is -2.25. The minimum absolute atomic E-state index is 0.0348. The SMILES string of the molecule is CCCN(C(C)C)S(=O)(=O)c1cccc(CNC(C)C)c1. The van der Waals surface area contributed by atoms with Crippen molar-refractivity contribution in [3.63, 3.8) is 0 Å². The third-order valence-electron chi connectivity index (χ3n) is 3.24. The highest BCUT2D eigenvalue weighted by Crippen LogP contribution is 2.19. The van der Waals surface area contributed by atoms with Crippen molar-refractivity contribution in [2.75, 3.05) is 6.54 Å². The predicted molar refractivity (Wildman–Crippen MR) is 87.7 cm³/mol. The monoisotopic (exact) mass is 312 g/mol. The average molecular weight is 312 g/mol. The predicted octanol–water partition coefficient (Wildman–Crippen LogP) is 2.99. The maximum atomic E-state index is 12.8. The Labute approximate surface area is 129 Å². The molecule has 0 aliphatic heterocycles. The van der Waals surface area contributed by atoms with Crippen LogP contribution in [0.2, 0.25) is 0 Å². The van der Waals surface area contributed by atoms with Crippen LogP contribution in [0.25, 0.3) is 0 Å². The first-order chi connectivity index (χ1) is 9.78. The molecule has 0 saturated carbocycles. The van der Waals surface area contributed by atoms with Gasteiger partial charge in [-0.15, -0.1) is 0 Å². The summed E-state index contributed by atoms with van der Waals surface area (Å²) >= 11 is 0. The van der Waals surface area contributed by atoms with Gasteiger partial charge in [0, 0.05) is 25.2 Å². The van der Waals surface area contributed by atoms with Gasteiger partial charge >= 0.3 is 0 Å². The molecule has 0 saturated heterocycles. The third kappa shape index (κ3) is 5.09. The summed E-state index contributed by atoms with van der Waals surface area (Å²) < 4.78 is 27.1. The minimum atomic E-state index is -3.42. The van der Waals surface area contributed by atoms with Gasteiger partial charge in [0.05, 0.1) is 4.90 Å². The number of hydrogen-bond acceptors (Lipinski definition) is 3. The summed E-state index contributed by atoms with van der Waals surface area (Å²) in [5, 5.41) is 3.31. The molecule has 0 aromatic heterocycles. The number of hydrogen-bond donors (Lipinski definition) is 1. The van der Waals surface area contributed by atoms with Crippen LogP contribution in [0.4, 0.5) is 0 Å². The fraction of sp³-hybridized carbons (Fsp3) is 0.625. The second-order valence-corrected chi connectivity index (χ2v) is 7.78. The molecule has 1 aromatic carbocycles. The van der Waals surface area contributed by atoms with E-state index in [0.717, 1.165) is 12.0 Å². The zero-order chi connectivity index (χ0) is 16.0. The third-order valence-corrected chi connectivity index (χ3v) is 5.31. The van der Waals surface area contributed by atoms with Crippen LogP contribution in [0.5, 0.6) is 0 Å². The van der Waals surface area contributed by atoms with E-state index < -0.39 is 10.0 Å². The first-order valence-corrected chi connectivity index (χ1v) is 9.07. The van der Waals surface area contributed by atoms with Crippen molar-refractivity contribution < 1.29 is 8.42 Å². The van der Waals surface area contributed by atoms with Crippen molar-refractivity contribution in [3.8, 4) is 0 Å². The van der Waals surface area contributed by atoms with Gasteiger partial charge in [0.15, 0.2) is 0 Å².